The average Bonchev–Trinajstić information content (AvgIpc) is 2.22. The van der Waals surface area contributed by atoms with Gasteiger partial charge in [0.15, 0.2) is 0 Å². The average molecular weight is 253 g/mol. The Morgan fingerprint density at radius 3 is 2.65 bits per heavy atom. The fourth-order valence-electron chi connectivity index (χ4n) is 2.28. The Kier molecular flexibility index (Phi) is 3.95. The van der Waals surface area contributed by atoms with Gasteiger partial charge in [-0.15, -0.1) is 0 Å². The zero-order valence-electron chi connectivity index (χ0n) is 10.6. The molecule has 1 aromatic carbocycles. The number of benzene rings is 1. The molecule has 0 amide bonds. The lowest BCUT2D eigenvalue weighted by Gasteiger charge is -2.31. The van der Waals surface area contributed by atoms with E-state index < -0.39 is 0 Å². The number of halogens is 1. The molecule has 1 aromatic rings. The van der Waals surface area contributed by atoms with Crippen molar-refractivity contribution < 1.29 is 0 Å². The van der Waals surface area contributed by atoms with Gasteiger partial charge in [0.2, 0.25) is 0 Å². The van der Waals surface area contributed by atoms with Gasteiger partial charge in [-0.25, -0.2) is 0 Å². The molecule has 1 aliphatic rings. The van der Waals surface area contributed by atoms with Gasteiger partial charge in [-0.3, -0.25) is 0 Å². The molecule has 94 valence electrons. The second-order valence-electron chi connectivity index (χ2n) is 5.18. The van der Waals surface area contributed by atoms with E-state index in [4.69, 9.17) is 17.3 Å². The van der Waals surface area contributed by atoms with Crippen LogP contribution in [0.2, 0.25) is 5.02 Å². The smallest absolute Gasteiger partial charge is 0.0642 e. The van der Waals surface area contributed by atoms with Crippen LogP contribution in [0.25, 0.3) is 0 Å². The molecule has 0 unspecified atom stereocenters. The van der Waals surface area contributed by atoms with E-state index in [-0.39, 0.29) is 6.04 Å². The summed E-state index contributed by atoms with van der Waals surface area (Å²) in [7, 11) is 2.12. The third-order valence-corrected chi connectivity index (χ3v) is 3.97. The maximum atomic E-state index is 6.32. The van der Waals surface area contributed by atoms with Gasteiger partial charge in [0.1, 0.15) is 0 Å². The molecule has 3 heteroatoms. The number of anilines is 1. The van der Waals surface area contributed by atoms with E-state index in [1.165, 1.54) is 19.3 Å². The quantitative estimate of drug-likeness (QED) is 0.887. The minimum absolute atomic E-state index is 0.0403. The molecule has 0 heterocycles. The SMILES string of the molecule is C[C@@H](N)c1ccc(N(C)CC2CCC2)c(Cl)c1. The van der Waals surface area contributed by atoms with Gasteiger partial charge in [-0.2, -0.15) is 0 Å². The summed E-state index contributed by atoms with van der Waals surface area (Å²) in [5.41, 5.74) is 8.06. The molecule has 0 bridgehead atoms. The van der Waals surface area contributed by atoms with Crippen LogP contribution in [-0.2, 0) is 0 Å². The fraction of sp³-hybridized carbons (Fsp3) is 0.571. The molecule has 1 atom stereocenters. The van der Waals surface area contributed by atoms with E-state index in [9.17, 15) is 0 Å². The normalized spacial score (nSPS) is 17.6. The molecule has 1 saturated carbocycles. The van der Waals surface area contributed by atoms with Gasteiger partial charge in [0.05, 0.1) is 10.7 Å². The molecule has 0 saturated heterocycles. The first-order valence-corrected chi connectivity index (χ1v) is 6.72. The maximum Gasteiger partial charge on any atom is 0.0642 e. The third-order valence-electron chi connectivity index (χ3n) is 3.67. The fourth-order valence-corrected chi connectivity index (χ4v) is 2.61. The highest BCUT2D eigenvalue weighted by molar-refractivity contribution is 6.33. The predicted octanol–water partition coefficient (Wildman–Crippen LogP) is 3.60. The maximum absolute atomic E-state index is 6.32. The summed E-state index contributed by atoms with van der Waals surface area (Å²) in [5, 5.41) is 0.807. The Bertz CT molecular complexity index is 386. The second-order valence-corrected chi connectivity index (χ2v) is 5.58. The number of hydrogen-bond donors (Lipinski definition) is 1. The van der Waals surface area contributed by atoms with Crippen LogP contribution < -0.4 is 10.6 Å². The van der Waals surface area contributed by atoms with Gasteiger partial charge < -0.3 is 10.6 Å². The minimum Gasteiger partial charge on any atom is -0.373 e. The molecule has 0 aliphatic heterocycles. The topological polar surface area (TPSA) is 29.3 Å². The second kappa shape index (κ2) is 5.28. The molecule has 2 nitrogen and oxygen atoms in total. The van der Waals surface area contributed by atoms with Crippen molar-refractivity contribution in [3.8, 4) is 0 Å². The summed E-state index contributed by atoms with van der Waals surface area (Å²) in [6, 6.07) is 6.18. The summed E-state index contributed by atoms with van der Waals surface area (Å²) in [6.45, 7) is 3.08. The Hall–Kier alpha value is -0.730. The van der Waals surface area contributed by atoms with Gasteiger partial charge in [0.25, 0.3) is 0 Å². The van der Waals surface area contributed by atoms with E-state index in [1.807, 2.05) is 13.0 Å². The summed E-state index contributed by atoms with van der Waals surface area (Å²) < 4.78 is 0. The van der Waals surface area contributed by atoms with E-state index in [2.05, 4.69) is 24.1 Å². The Morgan fingerprint density at radius 2 is 2.18 bits per heavy atom. The van der Waals surface area contributed by atoms with Crippen LogP contribution >= 0.6 is 11.6 Å². The van der Waals surface area contributed by atoms with Crippen molar-refractivity contribution in [2.75, 3.05) is 18.5 Å². The van der Waals surface area contributed by atoms with Crippen molar-refractivity contribution in [3.63, 3.8) is 0 Å². The van der Waals surface area contributed by atoms with E-state index in [0.717, 1.165) is 28.7 Å². The zero-order valence-corrected chi connectivity index (χ0v) is 11.4. The van der Waals surface area contributed by atoms with Crippen molar-refractivity contribution in [1.82, 2.24) is 0 Å². The predicted molar refractivity (Wildman–Crippen MR) is 74.7 cm³/mol. The highest BCUT2D eigenvalue weighted by Crippen LogP contribution is 2.32. The molecular formula is C14H21ClN2. The molecule has 0 radical (unpaired) electrons. The van der Waals surface area contributed by atoms with Crippen molar-refractivity contribution in [3.05, 3.63) is 28.8 Å². The van der Waals surface area contributed by atoms with Gasteiger partial charge in [-0.1, -0.05) is 24.1 Å². The zero-order chi connectivity index (χ0) is 12.4. The molecule has 1 aliphatic carbocycles. The molecule has 17 heavy (non-hydrogen) atoms. The number of hydrogen-bond acceptors (Lipinski definition) is 2. The molecule has 2 N–H and O–H groups in total. The van der Waals surface area contributed by atoms with E-state index in [1.54, 1.807) is 0 Å². The van der Waals surface area contributed by atoms with Crippen LogP contribution in [0.3, 0.4) is 0 Å². The van der Waals surface area contributed by atoms with Crippen LogP contribution in [0.4, 0.5) is 5.69 Å². The number of rotatable bonds is 4. The third kappa shape index (κ3) is 2.93. The van der Waals surface area contributed by atoms with Crippen LogP contribution in [0.15, 0.2) is 18.2 Å². The lowest BCUT2D eigenvalue weighted by Crippen LogP contribution is -2.29. The van der Waals surface area contributed by atoms with Crippen LogP contribution in [0, 0.1) is 5.92 Å². The van der Waals surface area contributed by atoms with Crippen LogP contribution in [0.1, 0.15) is 37.8 Å². The first kappa shape index (κ1) is 12.7. The van der Waals surface area contributed by atoms with Crippen LogP contribution in [0.5, 0.6) is 0 Å². The molecular weight excluding hydrogens is 232 g/mol. The van der Waals surface area contributed by atoms with Crippen molar-refractivity contribution in [2.24, 2.45) is 11.7 Å². The largest absolute Gasteiger partial charge is 0.373 e. The first-order chi connectivity index (χ1) is 8.08. The van der Waals surface area contributed by atoms with Crippen molar-refractivity contribution >= 4 is 17.3 Å². The van der Waals surface area contributed by atoms with Crippen LogP contribution in [-0.4, -0.2) is 13.6 Å². The Balaban J connectivity index is 2.08. The van der Waals surface area contributed by atoms with Gasteiger partial charge >= 0.3 is 0 Å². The number of nitrogens with two attached hydrogens (primary N) is 1. The molecule has 1 fully saturated rings. The van der Waals surface area contributed by atoms with Gasteiger partial charge in [-0.05, 0) is 43.4 Å². The molecule has 0 aromatic heterocycles. The summed E-state index contributed by atoms with van der Waals surface area (Å²) >= 11 is 6.32. The lowest BCUT2D eigenvalue weighted by atomic mass is 9.85. The number of nitrogens with zero attached hydrogens (tertiary/aromatic N) is 1. The van der Waals surface area contributed by atoms with E-state index in [0.29, 0.717) is 0 Å². The Morgan fingerprint density at radius 1 is 1.47 bits per heavy atom. The highest BCUT2D eigenvalue weighted by Gasteiger charge is 2.20. The summed E-state index contributed by atoms with van der Waals surface area (Å²) in [5.74, 6) is 0.851. The minimum atomic E-state index is 0.0403. The monoisotopic (exact) mass is 252 g/mol. The molecule has 2 rings (SSSR count). The summed E-state index contributed by atoms with van der Waals surface area (Å²) in [4.78, 5) is 2.26. The lowest BCUT2D eigenvalue weighted by molar-refractivity contribution is 0.321. The van der Waals surface area contributed by atoms with Gasteiger partial charge in [0, 0.05) is 19.6 Å². The van der Waals surface area contributed by atoms with Crippen molar-refractivity contribution in [2.45, 2.75) is 32.2 Å². The first-order valence-electron chi connectivity index (χ1n) is 6.34. The molecule has 0 spiro atoms. The van der Waals surface area contributed by atoms with Crippen molar-refractivity contribution in [1.29, 1.82) is 0 Å². The standard InChI is InChI=1S/C14H21ClN2/c1-10(16)12-6-7-14(13(15)8-12)17(2)9-11-4-3-5-11/h6-8,10-11H,3-5,9,16H2,1-2H3/t10-/m1/s1. The van der Waals surface area contributed by atoms with E-state index >= 15 is 0 Å². The Labute approximate surface area is 109 Å². The highest BCUT2D eigenvalue weighted by atomic mass is 35.5. The summed E-state index contributed by atoms with van der Waals surface area (Å²) in [6.07, 6.45) is 4.11.